The van der Waals surface area contributed by atoms with Gasteiger partial charge in [-0.3, -0.25) is 10.1 Å². The lowest BCUT2D eigenvalue weighted by molar-refractivity contribution is -0.384. The molecule has 1 aliphatic heterocycles. The Morgan fingerprint density at radius 2 is 2.05 bits per heavy atom. The summed E-state index contributed by atoms with van der Waals surface area (Å²) in [7, 11) is -3.34. The number of hydrogen-bond donors (Lipinski definition) is 1. The first-order chi connectivity index (χ1) is 10.4. The molecule has 1 aliphatic carbocycles. The highest BCUT2D eigenvalue weighted by Crippen LogP contribution is 2.33. The van der Waals surface area contributed by atoms with Crippen LogP contribution in [0.4, 0.5) is 11.4 Å². The van der Waals surface area contributed by atoms with Gasteiger partial charge >= 0.3 is 0 Å². The molecule has 0 bridgehead atoms. The van der Waals surface area contributed by atoms with Crippen molar-refractivity contribution in [2.45, 2.75) is 37.5 Å². The van der Waals surface area contributed by atoms with Crippen molar-refractivity contribution in [3.63, 3.8) is 0 Å². The lowest BCUT2D eigenvalue weighted by Crippen LogP contribution is -2.37. The van der Waals surface area contributed by atoms with E-state index in [2.05, 4.69) is 4.72 Å². The van der Waals surface area contributed by atoms with Gasteiger partial charge in [0.1, 0.15) is 5.69 Å². The van der Waals surface area contributed by atoms with E-state index in [0.717, 1.165) is 18.4 Å². The van der Waals surface area contributed by atoms with Crippen LogP contribution in [0.3, 0.4) is 0 Å². The molecule has 2 aliphatic rings. The molecule has 1 N–H and O–H groups in total. The van der Waals surface area contributed by atoms with Gasteiger partial charge in [0.15, 0.2) is 0 Å². The first-order valence-corrected chi connectivity index (χ1v) is 8.92. The van der Waals surface area contributed by atoms with Crippen molar-refractivity contribution in [1.82, 2.24) is 4.72 Å². The van der Waals surface area contributed by atoms with Gasteiger partial charge < -0.3 is 4.90 Å². The Morgan fingerprint density at radius 3 is 2.68 bits per heavy atom. The van der Waals surface area contributed by atoms with E-state index < -0.39 is 20.2 Å². The smallest absolute Gasteiger partial charge is 0.292 e. The predicted octanol–water partition coefficient (Wildman–Crippen LogP) is 1.56. The van der Waals surface area contributed by atoms with Gasteiger partial charge in [-0.1, -0.05) is 6.07 Å². The summed E-state index contributed by atoms with van der Waals surface area (Å²) in [4.78, 5) is 12.6. The zero-order valence-electron chi connectivity index (χ0n) is 12.4. The lowest BCUT2D eigenvalue weighted by Gasteiger charge is -2.19. The maximum Gasteiger partial charge on any atom is 0.292 e. The fourth-order valence-corrected chi connectivity index (χ4v) is 4.46. The topological polar surface area (TPSA) is 92.6 Å². The van der Waals surface area contributed by atoms with Gasteiger partial charge in [-0.15, -0.1) is 0 Å². The Kier molecular flexibility index (Phi) is 3.82. The second-order valence-corrected chi connectivity index (χ2v) is 8.04. The number of benzene rings is 1. The van der Waals surface area contributed by atoms with E-state index >= 15 is 0 Å². The Labute approximate surface area is 129 Å². The van der Waals surface area contributed by atoms with E-state index in [-0.39, 0.29) is 11.7 Å². The third kappa shape index (κ3) is 3.07. The number of sulfonamides is 1. The zero-order valence-corrected chi connectivity index (χ0v) is 13.2. The molecule has 0 radical (unpaired) electrons. The number of rotatable bonds is 5. The van der Waals surface area contributed by atoms with Gasteiger partial charge in [-0.05, 0) is 37.8 Å². The Balaban J connectivity index is 1.79. The van der Waals surface area contributed by atoms with Crippen molar-refractivity contribution in [1.29, 1.82) is 0 Å². The molecule has 120 valence electrons. The number of nitro benzene ring substituents is 1. The van der Waals surface area contributed by atoms with Gasteiger partial charge in [0.25, 0.3) is 5.69 Å². The second kappa shape index (κ2) is 5.51. The minimum Gasteiger partial charge on any atom is -0.365 e. The molecule has 0 amide bonds. The van der Waals surface area contributed by atoms with Crippen LogP contribution in [-0.2, 0) is 10.0 Å². The van der Waals surface area contributed by atoms with Crippen LogP contribution >= 0.6 is 0 Å². The van der Waals surface area contributed by atoms with Crippen LogP contribution in [0.2, 0.25) is 0 Å². The van der Waals surface area contributed by atoms with E-state index in [1.807, 2.05) is 6.07 Å². The van der Waals surface area contributed by atoms with E-state index in [1.165, 1.54) is 6.07 Å². The molecule has 1 heterocycles. The molecule has 1 aromatic carbocycles. The standard InChI is InChI=1S/C14H19N3O4S/c1-10-2-5-13(14(8-10)17(18)19)16-7-6-12(9-16)22(20,21)15-11-3-4-11/h2,5,8,11-12,15H,3-4,6-7,9H2,1H3. The summed E-state index contributed by atoms with van der Waals surface area (Å²) >= 11 is 0. The Morgan fingerprint density at radius 1 is 1.32 bits per heavy atom. The normalized spacial score (nSPS) is 22.0. The minimum atomic E-state index is -3.34. The van der Waals surface area contributed by atoms with Crippen LogP contribution in [0.5, 0.6) is 0 Å². The van der Waals surface area contributed by atoms with Gasteiger partial charge in [0, 0.05) is 25.2 Å². The van der Waals surface area contributed by atoms with Crippen molar-refractivity contribution < 1.29 is 13.3 Å². The van der Waals surface area contributed by atoms with Crippen LogP contribution in [0.1, 0.15) is 24.8 Å². The average molecular weight is 325 g/mol. The van der Waals surface area contributed by atoms with Crippen LogP contribution in [0.25, 0.3) is 0 Å². The largest absolute Gasteiger partial charge is 0.365 e. The number of nitrogens with one attached hydrogen (secondary N) is 1. The maximum absolute atomic E-state index is 12.3. The molecule has 3 rings (SSSR count). The SMILES string of the molecule is Cc1ccc(N2CCC(S(=O)(=O)NC3CC3)C2)c([N+](=O)[O-])c1. The molecule has 0 aromatic heterocycles. The molecule has 1 saturated carbocycles. The molecule has 1 aromatic rings. The summed E-state index contributed by atoms with van der Waals surface area (Å²) in [5, 5.41) is 10.7. The summed E-state index contributed by atoms with van der Waals surface area (Å²) < 4.78 is 27.2. The van der Waals surface area contributed by atoms with E-state index in [4.69, 9.17) is 0 Å². The van der Waals surface area contributed by atoms with E-state index in [1.54, 1.807) is 17.9 Å². The zero-order chi connectivity index (χ0) is 15.9. The highest BCUT2D eigenvalue weighted by molar-refractivity contribution is 7.90. The highest BCUT2D eigenvalue weighted by Gasteiger charge is 2.38. The Hall–Kier alpha value is -1.67. The van der Waals surface area contributed by atoms with E-state index in [0.29, 0.717) is 25.2 Å². The monoisotopic (exact) mass is 325 g/mol. The third-order valence-corrected chi connectivity index (χ3v) is 6.08. The molecule has 0 spiro atoms. The third-order valence-electron chi connectivity index (χ3n) is 4.16. The number of nitrogens with zero attached hydrogens (tertiary/aromatic N) is 2. The van der Waals surface area contributed by atoms with Crippen molar-refractivity contribution >= 4 is 21.4 Å². The summed E-state index contributed by atoms with van der Waals surface area (Å²) in [6.45, 7) is 2.61. The first kappa shape index (κ1) is 15.2. The van der Waals surface area contributed by atoms with E-state index in [9.17, 15) is 18.5 Å². The quantitative estimate of drug-likeness (QED) is 0.655. The van der Waals surface area contributed by atoms with Crippen LogP contribution in [0.15, 0.2) is 18.2 Å². The second-order valence-electron chi connectivity index (χ2n) is 6.04. The summed E-state index contributed by atoms with van der Waals surface area (Å²) in [6.07, 6.45) is 2.30. The first-order valence-electron chi connectivity index (χ1n) is 7.38. The molecule has 2 fully saturated rings. The Bertz CT molecular complexity index is 700. The van der Waals surface area contributed by atoms with Crippen LogP contribution in [0, 0.1) is 17.0 Å². The van der Waals surface area contributed by atoms with Gasteiger partial charge in [-0.2, -0.15) is 0 Å². The fourth-order valence-electron chi connectivity index (χ4n) is 2.78. The van der Waals surface area contributed by atoms with Crippen molar-refractivity contribution in [3.8, 4) is 0 Å². The summed E-state index contributed by atoms with van der Waals surface area (Å²) in [6, 6.07) is 5.14. The minimum absolute atomic E-state index is 0.0354. The lowest BCUT2D eigenvalue weighted by atomic mass is 10.2. The fraction of sp³-hybridized carbons (Fsp3) is 0.571. The molecule has 1 saturated heterocycles. The molecule has 8 heteroatoms. The number of hydrogen-bond acceptors (Lipinski definition) is 5. The van der Waals surface area contributed by atoms with Crippen molar-refractivity contribution in [3.05, 3.63) is 33.9 Å². The molecule has 1 atom stereocenters. The summed E-state index contributed by atoms with van der Waals surface area (Å²) in [5.74, 6) is 0. The van der Waals surface area contributed by atoms with Gasteiger partial charge in [0.2, 0.25) is 10.0 Å². The molecular formula is C14H19N3O4S. The van der Waals surface area contributed by atoms with Crippen molar-refractivity contribution in [2.75, 3.05) is 18.0 Å². The van der Waals surface area contributed by atoms with Gasteiger partial charge in [0.05, 0.1) is 10.2 Å². The molecular weight excluding hydrogens is 306 g/mol. The summed E-state index contributed by atoms with van der Waals surface area (Å²) in [5.41, 5.74) is 1.35. The maximum atomic E-state index is 12.3. The molecule has 7 nitrogen and oxygen atoms in total. The van der Waals surface area contributed by atoms with Crippen LogP contribution in [-0.4, -0.2) is 37.7 Å². The number of anilines is 1. The highest BCUT2D eigenvalue weighted by atomic mass is 32.2. The molecule has 22 heavy (non-hydrogen) atoms. The van der Waals surface area contributed by atoms with Crippen LogP contribution < -0.4 is 9.62 Å². The average Bonchev–Trinajstić information content (AvgIpc) is 3.10. The van der Waals surface area contributed by atoms with Gasteiger partial charge in [-0.25, -0.2) is 13.1 Å². The number of aryl methyl sites for hydroxylation is 1. The molecule has 1 unspecified atom stereocenters. The predicted molar refractivity (Wildman–Crippen MR) is 83.5 cm³/mol. The number of nitro groups is 1. The van der Waals surface area contributed by atoms with Crippen molar-refractivity contribution in [2.24, 2.45) is 0 Å².